The van der Waals surface area contributed by atoms with Crippen molar-refractivity contribution in [2.75, 3.05) is 27.4 Å². The Morgan fingerprint density at radius 2 is 2.00 bits per heavy atom. The van der Waals surface area contributed by atoms with E-state index in [1.807, 2.05) is 0 Å². The first kappa shape index (κ1) is 17.4. The van der Waals surface area contributed by atoms with Gasteiger partial charge in [-0.05, 0) is 25.8 Å². The van der Waals surface area contributed by atoms with Gasteiger partial charge in [-0.25, -0.2) is 0 Å². The first-order chi connectivity index (χ1) is 8.69. The molecule has 0 aliphatic heterocycles. The van der Waals surface area contributed by atoms with Crippen molar-refractivity contribution in [3.8, 4) is 0 Å². The van der Waals surface area contributed by atoms with Crippen LogP contribution in [0.1, 0.15) is 46.0 Å². The second-order valence-electron chi connectivity index (χ2n) is 4.64. The number of carbonyl (C=O) groups excluding carboxylic acids is 1. The molecule has 18 heavy (non-hydrogen) atoms. The number of unbranched alkanes of at least 4 members (excludes halogenated alkanes) is 1. The van der Waals surface area contributed by atoms with Gasteiger partial charge in [-0.2, -0.15) is 0 Å². The zero-order chi connectivity index (χ0) is 13.8. The van der Waals surface area contributed by atoms with Gasteiger partial charge >= 0.3 is 5.97 Å². The van der Waals surface area contributed by atoms with E-state index in [4.69, 9.17) is 9.47 Å². The van der Waals surface area contributed by atoms with Crippen molar-refractivity contribution >= 4 is 5.97 Å². The maximum absolute atomic E-state index is 11.3. The largest absolute Gasteiger partial charge is 0.468 e. The van der Waals surface area contributed by atoms with Gasteiger partial charge in [0.25, 0.3) is 0 Å². The van der Waals surface area contributed by atoms with Gasteiger partial charge < -0.3 is 14.8 Å². The number of carbonyl (C=O) groups is 1. The van der Waals surface area contributed by atoms with Crippen molar-refractivity contribution in [3.05, 3.63) is 0 Å². The minimum absolute atomic E-state index is 0.223. The number of rotatable bonds is 11. The normalized spacial score (nSPS) is 14.2. The van der Waals surface area contributed by atoms with E-state index >= 15 is 0 Å². The Labute approximate surface area is 111 Å². The van der Waals surface area contributed by atoms with Crippen LogP contribution in [0.2, 0.25) is 0 Å². The van der Waals surface area contributed by atoms with Crippen molar-refractivity contribution in [1.29, 1.82) is 0 Å². The van der Waals surface area contributed by atoms with Gasteiger partial charge in [0.15, 0.2) is 0 Å². The molecule has 4 nitrogen and oxygen atoms in total. The van der Waals surface area contributed by atoms with Crippen LogP contribution in [0.4, 0.5) is 0 Å². The van der Waals surface area contributed by atoms with Gasteiger partial charge in [-0.3, -0.25) is 4.79 Å². The molecule has 4 heteroatoms. The van der Waals surface area contributed by atoms with Crippen LogP contribution in [-0.2, 0) is 14.3 Å². The maximum Gasteiger partial charge on any atom is 0.322 e. The molecule has 0 aliphatic carbocycles. The highest BCUT2D eigenvalue weighted by molar-refractivity contribution is 5.75. The molecule has 0 amide bonds. The number of methoxy groups -OCH3 is 1. The third-order valence-corrected chi connectivity index (χ3v) is 3.28. The predicted molar refractivity (Wildman–Crippen MR) is 73.6 cm³/mol. The topological polar surface area (TPSA) is 47.6 Å². The zero-order valence-corrected chi connectivity index (χ0v) is 12.3. The molecule has 1 N–H and O–H groups in total. The molecule has 0 saturated heterocycles. The third kappa shape index (κ3) is 7.67. The van der Waals surface area contributed by atoms with E-state index in [1.165, 1.54) is 26.4 Å². The molecule has 0 saturated carbocycles. The van der Waals surface area contributed by atoms with Crippen molar-refractivity contribution in [3.63, 3.8) is 0 Å². The summed E-state index contributed by atoms with van der Waals surface area (Å²) < 4.78 is 10.4. The fourth-order valence-corrected chi connectivity index (χ4v) is 1.87. The SMILES string of the molecule is CCCCC(CC)COCCC(NC)C(=O)OC. The minimum Gasteiger partial charge on any atom is -0.468 e. The molecule has 2 atom stereocenters. The van der Waals surface area contributed by atoms with Gasteiger partial charge in [0.1, 0.15) is 6.04 Å². The van der Waals surface area contributed by atoms with Crippen LogP contribution >= 0.6 is 0 Å². The first-order valence-corrected chi connectivity index (χ1v) is 7.02. The molecular formula is C14H29NO3. The fourth-order valence-electron chi connectivity index (χ4n) is 1.87. The summed E-state index contributed by atoms with van der Waals surface area (Å²) in [5.74, 6) is 0.426. The van der Waals surface area contributed by atoms with Gasteiger partial charge in [0.05, 0.1) is 7.11 Å². The van der Waals surface area contributed by atoms with Crippen molar-refractivity contribution in [2.24, 2.45) is 5.92 Å². The third-order valence-electron chi connectivity index (χ3n) is 3.28. The highest BCUT2D eigenvalue weighted by Gasteiger charge is 2.16. The monoisotopic (exact) mass is 259 g/mol. The second-order valence-corrected chi connectivity index (χ2v) is 4.64. The van der Waals surface area contributed by atoms with Crippen LogP contribution in [0.5, 0.6) is 0 Å². The highest BCUT2D eigenvalue weighted by atomic mass is 16.5. The highest BCUT2D eigenvalue weighted by Crippen LogP contribution is 2.13. The number of hydrogen-bond acceptors (Lipinski definition) is 4. The number of likely N-dealkylation sites (N-methyl/N-ethyl adjacent to an activating group) is 1. The molecule has 0 rings (SSSR count). The van der Waals surface area contributed by atoms with E-state index in [0.717, 1.165) is 13.0 Å². The summed E-state index contributed by atoms with van der Waals surface area (Å²) in [4.78, 5) is 11.3. The molecule has 2 unspecified atom stereocenters. The smallest absolute Gasteiger partial charge is 0.322 e. The lowest BCUT2D eigenvalue weighted by Crippen LogP contribution is -2.36. The van der Waals surface area contributed by atoms with Gasteiger partial charge in [-0.15, -0.1) is 0 Å². The summed E-state index contributed by atoms with van der Waals surface area (Å²) in [6.45, 7) is 5.81. The quantitative estimate of drug-likeness (QED) is 0.457. The van der Waals surface area contributed by atoms with Crippen molar-refractivity contribution < 1.29 is 14.3 Å². The Balaban J connectivity index is 3.72. The number of ether oxygens (including phenoxy) is 2. The molecule has 0 bridgehead atoms. The van der Waals surface area contributed by atoms with Crippen LogP contribution in [0.25, 0.3) is 0 Å². The summed E-state index contributed by atoms with van der Waals surface area (Å²) >= 11 is 0. The van der Waals surface area contributed by atoms with Crippen molar-refractivity contribution in [1.82, 2.24) is 5.32 Å². The number of nitrogens with one attached hydrogen (secondary N) is 1. The lowest BCUT2D eigenvalue weighted by molar-refractivity contribution is -0.143. The number of esters is 1. The zero-order valence-electron chi connectivity index (χ0n) is 12.3. The molecule has 0 aromatic heterocycles. The molecule has 0 spiro atoms. The molecular weight excluding hydrogens is 230 g/mol. The lowest BCUT2D eigenvalue weighted by atomic mass is 10.0. The molecule has 0 fully saturated rings. The molecule has 0 heterocycles. The average Bonchev–Trinajstić information content (AvgIpc) is 2.41. The van der Waals surface area contributed by atoms with Crippen LogP contribution in [-0.4, -0.2) is 39.4 Å². The van der Waals surface area contributed by atoms with E-state index in [1.54, 1.807) is 7.05 Å². The van der Waals surface area contributed by atoms with E-state index in [2.05, 4.69) is 19.2 Å². The van der Waals surface area contributed by atoms with Crippen LogP contribution in [0.3, 0.4) is 0 Å². The van der Waals surface area contributed by atoms with Gasteiger partial charge in [0.2, 0.25) is 0 Å². The fraction of sp³-hybridized carbons (Fsp3) is 0.929. The van der Waals surface area contributed by atoms with E-state index < -0.39 is 0 Å². The molecule has 0 aromatic rings. The van der Waals surface area contributed by atoms with Crippen LogP contribution in [0, 0.1) is 5.92 Å². The minimum atomic E-state index is -0.259. The van der Waals surface area contributed by atoms with Gasteiger partial charge in [0, 0.05) is 13.2 Å². The average molecular weight is 259 g/mol. The Bertz CT molecular complexity index is 209. The van der Waals surface area contributed by atoms with Crippen LogP contribution < -0.4 is 5.32 Å². The maximum atomic E-state index is 11.3. The lowest BCUT2D eigenvalue weighted by Gasteiger charge is -2.17. The van der Waals surface area contributed by atoms with E-state index in [0.29, 0.717) is 18.9 Å². The van der Waals surface area contributed by atoms with Crippen molar-refractivity contribution in [2.45, 2.75) is 52.0 Å². The molecule has 0 aliphatic rings. The summed E-state index contributed by atoms with van der Waals surface area (Å²) in [5, 5.41) is 2.93. The van der Waals surface area contributed by atoms with E-state index in [9.17, 15) is 4.79 Å². The summed E-state index contributed by atoms with van der Waals surface area (Å²) in [5.41, 5.74) is 0. The Kier molecular flexibility index (Phi) is 11.1. The Morgan fingerprint density at radius 3 is 2.50 bits per heavy atom. The second kappa shape index (κ2) is 11.5. The standard InChI is InChI=1S/C14H29NO3/c1-5-7-8-12(6-2)11-18-10-9-13(15-3)14(16)17-4/h12-13,15H,5-11H2,1-4H3. The Morgan fingerprint density at radius 1 is 1.28 bits per heavy atom. The summed E-state index contributed by atoms with van der Waals surface area (Å²) in [7, 11) is 3.17. The molecule has 0 radical (unpaired) electrons. The number of hydrogen-bond donors (Lipinski definition) is 1. The first-order valence-electron chi connectivity index (χ1n) is 7.02. The Hall–Kier alpha value is -0.610. The molecule has 0 aromatic carbocycles. The van der Waals surface area contributed by atoms with E-state index in [-0.39, 0.29) is 12.0 Å². The van der Waals surface area contributed by atoms with Crippen LogP contribution in [0.15, 0.2) is 0 Å². The summed E-state index contributed by atoms with van der Waals surface area (Å²) in [6, 6.07) is -0.259. The summed E-state index contributed by atoms with van der Waals surface area (Å²) in [6.07, 6.45) is 5.56. The predicted octanol–water partition coefficient (Wildman–Crippen LogP) is 2.37. The van der Waals surface area contributed by atoms with Gasteiger partial charge in [-0.1, -0.05) is 33.1 Å². The molecule has 108 valence electrons.